The molecule has 1 N–H and O–H groups in total. The summed E-state index contributed by atoms with van der Waals surface area (Å²) in [7, 11) is 0. The van der Waals surface area contributed by atoms with Gasteiger partial charge in [0.15, 0.2) is 13.2 Å². The van der Waals surface area contributed by atoms with Crippen molar-refractivity contribution >= 4 is 35.3 Å². The van der Waals surface area contributed by atoms with Gasteiger partial charge in [0.05, 0.1) is 5.92 Å². The van der Waals surface area contributed by atoms with Crippen molar-refractivity contribution in [2.75, 3.05) is 31.6 Å². The second kappa shape index (κ2) is 9.82. The summed E-state index contributed by atoms with van der Waals surface area (Å²) in [6.07, 6.45) is -5.27. The number of hydrogen-bond acceptors (Lipinski definition) is 5. The van der Waals surface area contributed by atoms with E-state index in [1.165, 1.54) is 0 Å². The summed E-state index contributed by atoms with van der Waals surface area (Å²) in [6.45, 7) is -0.209. The van der Waals surface area contributed by atoms with Crippen LogP contribution >= 0.6 is 11.6 Å². The minimum atomic E-state index is -4.59. The predicted octanol–water partition coefficient (Wildman–Crippen LogP) is 3.54. The van der Waals surface area contributed by atoms with E-state index < -0.39 is 43.3 Å². The summed E-state index contributed by atoms with van der Waals surface area (Å²) in [6, 6.07) is 4.97. The number of carbonyl (C=O) groups excluding carboxylic acids is 3. The average Bonchev–Trinajstić information content (AvgIpc) is 2.66. The molecule has 29 heavy (non-hydrogen) atoms. The van der Waals surface area contributed by atoms with Gasteiger partial charge in [-0.05, 0) is 37.5 Å². The maximum atomic E-state index is 12.1. The lowest BCUT2D eigenvalue weighted by Gasteiger charge is -2.30. The molecule has 0 spiro atoms. The van der Waals surface area contributed by atoms with Crippen LogP contribution in [0.3, 0.4) is 0 Å². The topological polar surface area (TPSA) is 84.9 Å². The van der Waals surface area contributed by atoms with E-state index in [1.54, 1.807) is 18.2 Å². The van der Waals surface area contributed by atoms with E-state index in [0.717, 1.165) is 10.5 Å². The average molecular weight is 437 g/mol. The first kappa shape index (κ1) is 22.8. The third-order valence-electron chi connectivity index (χ3n) is 4.25. The molecule has 1 aromatic carbocycles. The van der Waals surface area contributed by atoms with E-state index in [9.17, 15) is 27.6 Å². The van der Waals surface area contributed by atoms with Crippen LogP contribution in [-0.4, -0.2) is 55.3 Å². The Morgan fingerprint density at radius 1 is 1.21 bits per heavy atom. The van der Waals surface area contributed by atoms with Gasteiger partial charge in [-0.25, -0.2) is 4.79 Å². The van der Waals surface area contributed by atoms with Crippen molar-refractivity contribution in [1.82, 2.24) is 4.90 Å². The summed E-state index contributed by atoms with van der Waals surface area (Å²) >= 11 is 5.97. The molecule has 0 saturated carbocycles. The molecule has 1 aliphatic heterocycles. The third kappa shape index (κ3) is 7.45. The number of hydrogen-bond donors (Lipinski definition) is 1. The molecular formula is C18H20ClF3N2O5. The Balaban J connectivity index is 1.71. The SMILES string of the molecule is Cc1ccc(NC(=O)COC(=O)C2CCN(C(=O)OCC(F)(F)F)CC2)cc1Cl. The highest BCUT2D eigenvalue weighted by molar-refractivity contribution is 6.31. The fourth-order valence-electron chi connectivity index (χ4n) is 2.65. The number of anilines is 1. The van der Waals surface area contributed by atoms with Crippen LogP contribution in [-0.2, 0) is 19.1 Å². The molecule has 1 aliphatic rings. The molecule has 1 aromatic rings. The largest absolute Gasteiger partial charge is 0.455 e. The number of benzene rings is 1. The second-order valence-electron chi connectivity index (χ2n) is 6.55. The normalized spacial score (nSPS) is 15.0. The first-order valence-corrected chi connectivity index (χ1v) is 9.14. The van der Waals surface area contributed by atoms with E-state index in [-0.39, 0.29) is 25.9 Å². The fraction of sp³-hybridized carbons (Fsp3) is 0.500. The lowest BCUT2D eigenvalue weighted by molar-refractivity contribution is -0.163. The van der Waals surface area contributed by atoms with Crippen molar-refractivity contribution < 1.29 is 37.0 Å². The van der Waals surface area contributed by atoms with Crippen LogP contribution in [0, 0.1) is 12.8 Å². The number of carbonyl (C=O) groups is 3. The number of rotatable bonds is 5. The highest BCUT2D eigenvalue weighted by Crippen LogP contribution is 2.22. The van der Waals surface area contributed by atoms with Crippen LogP contribution in [0.4, 0.5) is 23.7 Å². The number of nitrogens with one attached hydrogen (secondary N) is 1. The van der Waals surface area contributed by atoms with Crippen molar-refractivity contribution in [3.63, 3.8) is 0 Å². The number of alkyl halides is 3. The van der Waals surface area contributed by atoms with Crippen molar-refractivity contribution in [2.24, 2.45) is 5.92 Å². The van der Waals surface area contributed by atoms with Gasteiger partial charge in [-0.3, -0.25) is 9.59 Å². The number of likely N-dealkylation sites (tertiary alicyclic amines) is 1. The van der Waals surface area contributed by atoms with Gasteiger partial charge < -0.3 is 19.7 Å². The van der Waals surface area contributed by atoms with E-state index in [0.29, 0.717) is 10.7 Å². The molecule has 7 nitrogen and oxygen atoms in total. The van der Waals surface area contributed by atoms with Crippen molar-refractivity contribution in [3.8, 4) is 0 Å². The fourth-order valence-corrected chi connectivity index (χ4v) is 2.84. The first-order chi connectivity index (χ1) is 13.5. The number of aryl methyl sites for hydroxylation is 1. The van der Waals surface area contributed by atoms with Crippen molar-refractivity contribution in [2.45, 2.75) is 25.9 Å². The highest BCUT2D eigenvalue weighted by Gasteiger charge is 2.33. The van der Waals surface area contributed by atoms with E-state index >= 15 is 0 Å². The Kier molecular flexibility index (Phi) is 7.72. The molecule has 0 unspecified atom stereocenters. The molecule has 0 radical (unpaired) electrons. The summed E-state index contributed by atoms with van der Waals surface area (Å²) in [5, 5.41) is 3.04. The molecule has 0 aliphatic carbocycles. The van der Waals surface area contributed by atoms with Crippen molar-refractivity contribution in [3.05, 3.63) is 28.8 Å². The Morgan fingerprint density at radius 2 is 1.86 bits per heavy atom. The number of esters is 1. The molecule has 160 valence electrons. The summed E-state index contributed by atoms with van der Waals surface area (Å²) in [4.78, 5) is 36.7. The molecule has 1 fully saturated rings. The third-order valence-corrected chi connectivity index (χ3v) is 4.65. The van der Waals surface area contributed by atoms with E-state index in [2.05, 4.69) is 10.1 Å². The quantitative estimate of drug-likeness (QED) is 0.714. The van der Waals surface area contributed by atoms with Gasteiger partial charge in [-0.2, -0.15) is 13.2 Å². The lowest BCUT2D eigenvalue weighted by atomic mass is 9.97. The summed E-state index contributed by atoms with van der Waals surface area (Å²) < 4.78 is 45.4. The van der Waals surface area contributed by atoms with Gasteiger partial charge in [0, 0.05) is 23.8 Å². The Hall–Kier alpha value is -2.49. The first-order valence-electron chi connectivity index (χ1n) is 8.76. The van der Waals surface area contributed by atoms with Crippen LogP contribution in [0.2, 0.25) is 5.02 Å². The zero-order valence-electron chi connectivity index (χ0n) is 15.6. The summed E-state index contributed by atoms with van der Waals surface area (Å²) in [5.41, 5.74) is 1.32. The number of amides is 2. The molecule has 2 amide bonds. The van der Waals surface area contributed by atoms with Gasteiger partial charge >= 0.3 is 18.2 Å². The zero-order valence-corrected chi connectivity index (χ0v) is 16.3. The summed E-state index contributed by atoms with van der Waals surface area (Å²) in [5.74, 6) is -1.69. The molecule has 11 heteroatoms. The van der Waals surface area contributed by atoms with Crippen LogP contribution in [0.15, 0.2) is 18.2 Å². The number of nitrogens with zero attached hydrogens (tertiary/aromatic N) is 1. The second-order valence-corrected chi connectivity index (χ2v) is 6.96. The Bertz CT molecular complexity index is 764. The minimum absolute atomic E-state index is 0.0600. The minimum Gasteiger partial charge on any atom is -0.455 e. The molecular weight excluding hydrogens is 417 g/mol. The van der Waals surface area contributed by atoms with Crippen molar-refractivity contribution in [1.29, 1.82) is 0 Å². The molecule has 0 atom stereocenters. The van der Waals surface area contributed by atoms with Crippen LogP contribution in [0.1, 0.15) is 18.4 Å². The standard InChI is InChI=1S/C18H20ClF3N2O5/c1-11-2-3-13(8-14(11)19)23-15(25)9-28-16(26)12-4-6-24(7-5-12)17(27)29-10-18(20,21)22/h2-3,8,12H,4-7,9-10H2,1H3,(H,23,25). The Morgan fingerprint density at radius 3 is 2.45 bits per heavy atom. The molecule has 1 heterocycles. The lowest BCUT2D eigenvalue weighted by Crippen LogP contribution is -2.42. The zero-order chi connectivity index (χ0) is 21.6. The van der Waals surface area contributed by atoms with E-state index in [1.807, 2.05) is 6.92 Å². The van der Waals surface area contributed by atoms with Crippen LogP contribution < -0.4 is 5.32 Å². The number of piperidine rings is 1. The van der Waals surface area contributed by atoms with E-state index in [4.69, 9.17) is 16.3 Å². The van der Waals surface area contributed by atoms with Crippen LogP contribution in [0.25, 0.3) is 0 Å². The molecule has 1 saturated heterocycles. The maximum Gasteiger partial charge on any atom is 0.422 e. The van der Waals surface area contributed by atoms with Gasteiger partial charge in [0.25, 0.3) is 5.91 Å². The predicted molar refractivity (Wildman–Crippen MR) is 97.5 cm³/mol. The maximum absolute atomic E-state index is 12.1. The van der Waals surface area contributed by atoms with Gasteiger partial charge in [-0.15, -0.1) is 0 Å². The van der Waals surface area contributed by atoms with Crippen LogP contribution in [0.5, 0.6) is 0 Å². The number of halogens is 4. The van der Waals surface area contributed by atoms with Gasteiger partial charge in [0.1, 0.15) is 0 Å². The molecule has 2 rings (SSSR count). The number of ether oxygens (including phenoxy) is 2. The van der Waals surface area contributed by atoms with Gasteiger partial charge in [-0.1, -0.05) is 17.7 Å². The Labute approximate surface area is 170 Å². The molecule has 0 bridgehead atoms. The van der Waals surface area contributed by atoms with Gasteiger partial charge in [0.2, 0.25) is 0 Å². The molecule has 0 aromatic heterocycles. The monoisotopic (exact) mass is 436 g/mol. The smallest absolute Gasteiger partial charge is 0.422 e. The highest BCUT2D eigenvalue weighted by atomic mass is 35.5.